The van der Waals surface area contributed by atoms with Crippen LogP contribution in [0.2, 0.25) is 0 Å². The third kappa shape index (κ3) is 7.56. The van der Waals surface area contributed by atoms with Gasteiger partial charge >= 0.3 is 17.3 Å². The van der Waals surface area contributed by atoms with E-state index in [2.05, 4.69) is 23.8 Å². The zero-order chi connectivity index (χ0) is 26.1. The molecule has 0 aliphatic rings. The molecule has 0 unspecified atom stereocenters. The summed E-state index contributed by atoms with van der Waals surface area (Å²) in [6.07, 6.45) is 0.870. The Morgan fingerprint density at radius 2 is 1.72 bits per heavy atom. The lowest BCUT2D eigenvalue weighted by Gasteiger charge is -2.11. The summed E-state index contributed by atoms with van der Waals surface area (Å²) >= 11 is 0. The Kier molecular flexibility index (Phi) is 9.44. The number of esters is 1. The van der Waals surface area contributed by atoms with E-state index in [0.29, 0.717) is 18.2 Å². The van der Waals surface area contributed by atoms with E-state index in [1.165, 1.54) is 4.57 Å². The van der Waals surface area contributed by atoms with Gasteiger partial charge in [0.1, 0.15) is 5.75 Å². The van der Waals surface area contributed by atoms with Crippen LogP contribution in [0.5, 0.6) is 5.75 Å². The average molecular weight is 495 g/mol. The van der Waals surface area contributed by atoms with Gasteiger partial charge in [-0.25, -0.2) is 19.1 Å². The number of carbonyl (C=O) groups excluding carboxylic acids is 1. The molecule has 0 fully saturated rings. The van der Waals surface area contributed by atoms with Crippen LogP contribution in [0.15, 0.2) is 63.1 Å². The van der Waals surface area contributed by atoms with Crippen molar-refractivity contribution in [3.63, 3.8) is 0 Å². The highest BCUT2D eigenvalue weighted by molar-refractivity contribution is 5.69. The number of hydrogen-bond acceptors (Lipinski definition) is 6. The van der Waals surface area contributed by atoms with Crippen LogP contribution in [0, 0.1) is 12.8 Å². The summed E-state index contributed by atoms with van der Waals surface area (Å²) in [5.74, 6) is 0.808. The minimum Gasteiger partial charge on any atom is -0.494 e. The third-order valence-corrected chi connectivity index (χ3v) is 5.52. The number of nitrogens with zero attached hydrogens (tertiary/aromatic N) is 3. The maximum Gasteiger partial charge on any atom is 0.335 e. The van der Waals surface area contributed by atoms with E-state index >= 15 is 0 Å². The monoisotopic (exact) mass is 494 g/mol. The van der Waals surface area contributed by atoms with Crippen LogP contribution >= 0.6 is 0 Å². The zero-order valence-electron chi connectivity index (χ0n) is 21.3. The third-order valence-electron chi connectivity index (χ3n) is 5.52. The molecule has 9 nitrogen and oxygen atoms in total. The van der Waals surface area contributed by atoms with Crippen LogP contribution in [0.4, 0.5) is 5.69 Å². The van der Waals surface area contributed by atoms with Crippen molar-refractivity contribution in [2.24, 2.45) is 10.9 Å². The van der Waals surface area contributed by atoms with Crippen molar-refractivity contribution < 1.29 is 14.3 Å². The molecule has 1 heterocycles. The Labute approximate surface area is 210 Å². The fourth-order valence-electron chi connectivity index (χ4n) is 3.45. The molecule has 0 saturated carbocycles. The number of ether oxygens (including phenoxy) is 2. The molecule has 0 spiro atoms. The Morgan fingerprint density at radius 1 is 1.03 bits per heavy atom. The first-order valence-electron chi connectivity index (χ1n) is 12.2. The van der Waals surface area contributed by atoms with Crippen LogP contribution in [-0.4, -0.2) is 33.3 Å². The number of hydrogen-bond donors (Lipinski definition) is 1. The number of aryl methyl sites for hydroxylation is 1. The van der Waals surface area contributed by atoms with E-state index in [1.54, 1.807) is 19.1 Å². The van der Waals surface area contributed by atoms with Gasteiger partial charge in [-0.05, 0) is 56.0 Å². The molecule has 3 aromatic rings. The van der Waals surface area contributed by atoms with Crippen molar-refractivity contribution in [2.45, 2.75) is 53.6 Å². The standard InChI is InChI=1S/C27H34N4O5/c1-5-35-24(32)14-16-30-26(33)29-25(31(27(30)34)18-21-8-6-20(4)7-9-21)28-22-10-12-23(13-11-22)36-17-15-19(2)3/h6-13,19H,5,14-18H2,1-4H3,(H,28,29,33). The van der Waals surface area contributed by atoms with Gasteiger partial charge in [0.15, 0.2) is 0 Å². The average Bonchev–Trinajstić information content (AvgIpc) is 2.83. The van der Waals surface area contributed by atoms with E-state index in [9.17, 15) is 14.4 Å². The Bertz CT molecular complexity index is 1330. The summed E-state index contributed by atoms with van der Waals surface area (Å²) in [7, 11) is 0. The lowest BCUT2D eigenvalue weighted by Crippen LogP contribution is -2.50. The maximum atomic E-state index is 13.3. The van der Waals surface area contributed by atoms with Gasteiger partial charge in [-0.1, -0.05) is 43.7 Å². The van der Waals surface area contributed by atoms with Crippen LogP contribution in [-0.2, 0) is 22.6 Å². The van der Waals surface area contributed by atoms with Crippen LogP contribution in [0.1, 0.15) is 44.7 Å². The summed E-state index contributed by atoms with van der Waals surface area (Å²) in [5.41, 5.74) is 1.44. The molecule has 9 heteroatoms. The highest BCUT2D eigenvalue weighted by Crippen LogP contribution is 2.18. The lowest BCUT2D eigenvalue weighted by molar-refractivity contribution is -0.143. The second kappa shape index (κ2) is 12.7. The van der Waals surface area contributed by atoms with Crippen molar-refractivity contribution in [3.05, 3.63) is 86.2 Å². The van der Waals surface area contributed by atoms with Gasteiger partial charge in [0.25, 0.3) is 0 Å². The topological polar surface area (TPSA) is 108 Å². The summed E-state index contributed by atoms with van der Waals surface area (Å²) in [6, 6.07) is 14.9. The molecule has 0 radical (unpaired) electrons. The molecule has 1 aromatic heterocycles. The molecule has 1 N–H and O–H groups in total. The highest BCUT2D eigenvalue weighted by atomic mass is 16.5. The summed E-state index contributed by atoms with van der Waals surface area (Å²) < 4.78 is 13.1. The Balaban J connectivity index is 1.97. The second-order valence-electron chi connectivity index (χ2n) is 8.95. The summed E-state index contributed by atoms with van der Waals surface area (Å²) in [4.78, 5) is 45.1. The van der Waals surface area contributed by atoms with Crippen LogP contribution < -0.4 is 21.7 Å². The SMILES string of the molecule is CCOC(=O)CCn1c(=O)[nH]/c(=N\c2ccc(OCCC(C)C)cc2)n(Cc2ccc(C)cc2)c1=O. The quantitative estimate of drug-likeness (QED) is 0.412. The van der Waals surface area contributed by atoms with Crippen molar-refractivity contribution in [1.82, 2.24) is 14.1 Å². The fraction of sp³-hybridized carbons (Fsp3) is 0.407. The second-order valence-corrected chi connectivity index (χ2v) is 8.95. The van der Waals surface area contributed by atoms with Gasteiger partial charge in [0, 0.05) is 6.54 Å². The molecule has 36 heavy (non-hydrogen) atoms. The molecule has 2 aromatic carbocycles. The maximum absolute atomic E-state index is 13.3. The largest absolute Gasteiger partial charge is 0.494 e. The number of nitrogens with one attached hydrogen (secondary N) is 1. The van der Waals surface area contributed by atoms with Crippen molar-refractivity contribution in [2.75, 3.05) is 13.2 Å². The van der Waals surface area contributed by atoms with Gasteiger partial charge in [-0.2, -0.15) is 0 Å². The van der Waals surface area contributed by atoms with Crippen LogP contribution in [0.25, 0.3) is 0 Å². The number of rotatable bonds is 11. The summed E-state index contributed by atoms with van der Waals surface area (Å²) in [5, 5.41) is 0. The molecular formula is C27H34N4O5. The number of carbonyl (C=O) groups is 1. The van der Waals surface area contributed by atoms with E-state index in [4.69, 9.17) is 9.47 Å². The first-order chi connectivity index (χ1) is 17.3. The minimum absolute atomic E-state index is 0.0872. The summed E-state index contributed by atoms with van der Waals surface area (Å²) in [6.45, 7) is 8.93. The van der Waals surface area contributed by atoms with Gasteiger partial charge in [-0.15, -0.1) is 0 Å². The fourth-order valence-corrected chi connectivity index (χ4v) is 3.45. The first-order valence-corrected chi connectivity index (χ1v) is 12.2. The van der Waals surface area contributed by atoms with Gasteiger partial charge < -0.3 is 9.47 Å². The molecule has 0 atom stereocenters. The van der Waals surface area contributed by atoms with E-state index in [1.807, 2.05) is 43.3 Å². The van der Waals surface area contributed by atoms with Crippen molar-refractivity contribution >= 4 is 11.7 Å². The van der Waals surface area contributed by atoms with Crippen molar-refractivity contribution in [3.8, 4) is 5.75 Å². The first kappa shape index (κ1) is 26.7. The number of aromatic nitrogens is 3. The van der Waals surface area contributed by atoms with E-state index < -0.39 is 17.3 Å². The number of aromatic amines is 1. The molecule has 0 amide bonds. The molecule has 3 rings (SSSR count). The normalized spacial score (nSPS) is 11.6. The minimum atomic E-state index is -0.642. The predicted octanol–water partition coefficient (Wildman–Crippen LogP) is 3.31. The lowest BCUT2D eigenvalue weighted by atomic mass is 10.1. The van der Waals surface area contributed by atoms with Crippen LogP contribution in [0.3, 0.4) is 0 Å². The highest BCUT2D eigenvalue weighted by Gasteiger charge is 2.12. The predicted molar refractivity (Wildman–Crippen MR) is 137 cm³/mol. The van der Waals surface area contributed by atoms with Crippen molar-refractivity contribution in [1.29, 1.82) is 0 Å². The molecule has 0 aliphatic heterocycles. The smallest absolute Gasteiger partial charge is 0.335 e. The number of H-pyrrole nitrogens is 1. The van der Waals surface area contributed by atoms with E-state index in [-0.39, 0.29) is 31.7 Å². The van der Waals surface area contributed by atoms with Gasteiger partial charge in [-0.3, -0.25) is 14.3 Å². The van der Waals surface area contributed by atoms with Gasteiger partial charge in [0.05, 0.1) is 31.9 Å². The van der Waals surface area contributed by atoms with Gasteiger partial charge in [0.2, 0.25) is 5.62 Å². The van der Waals surface area contributed by atoms with E-state index in [0.717, 1.165) is 27.9 Å². The number of benzene rings is 2. The zero-order valence-corrected chi connectivity index (χ0v) is 21.3. The molecule has 192 valence electrons. The Hall–Kier alpha value is -3.88. The Morgan fingerprint density at radius 3 is 2.36 bits per heavy atom. The molecular weight excluding hydrogens is 460 g/mol. The molecule has 0 saturated heterocycles. The molecule has 0 aliphatic carbocycles. The molecule has 0 bridgehead atoms.